The molecule has 7 aromatic carbocycles. The summed E-state index contributed by atoms with van der Waals surface area (Å²) in [4.78, 5) is 5.18. The molecule has 11 rings (SSSR count). The molecule has 0 atom stereocenters. The molecule has 4 heteroatoms. The van der Waals surface area contributed by atoms with Crippen LogP contribution in [0.5, 0.6) is 0 Å². The van der Waals surface area contributed by atoms with E-state index < -0.39 is 5.41 Å². The maximum Gasteiger partial charge on any atom is 0.182 e. The van der Waals surface area contributed by atoms with E-state index in [1.807, 2.05) is 36.4 Å². The Balaban J connectivity index is 1.27. The van der Waals surface area contributed by atoms with Crippen LogP contribution in [0.25, 0.3) is 72.5 Å². The second-order valence-corrected chi connectivity index (χ2v) is 13.2. The van der Waals surface area contributed by atoms with Crippen LogP contribution in [0.15, 0.2) is 170 Å². The number of rotatable bonds is 3. The Morgan fingerprint density at radius 3 is 1.80 bits per heavy atom. The third-order valence-corrected chi connectivity index (χ3v) is 10.7. The molecule has 232 valence electrons. The Labute approximate surface area is 289 Å². The predicted octanol–water partition coefficient (Wildman–Crippen LogP) is 10.6. The first-order chi connectivity index (χ1) is 24.8. The number of benzene rings is 7. The number of hydrogen-bond acceptors (Lipinski definition) is 3. The van der Waals surface area contributed by atoms with Gasteiger partial charge in [-0.25, -0.2) is 4.98 Å². The number of hydrogen-bond donors (Lipinski definition) is 0. The van der Waals surface area contributed by atoms with Gasteiger partial charge in [-0.2, -0.15) is 0 Å². The molecule has 1 aliphatic heterocycles. The van der Waals surface area contributed by atoms with Crippen molar-refractivity contribution in [2.45, 2.75) is 5.41 Å². The molecule has 2 aromatic heterocycles. The van der Waals surface area contributed by atoms with E-state index in [9.17, 15) is 0 Å². The van der Waals surface area contributed by atoms with Gasteiger partial charge in [0.25, 0.3) is 0 Å². The van der Waals surface area contributed by atoms with E-state index in [4.69, 9.17) is 15.2 Å². The maximum absolute atomic E-state index is 5.18. The first-order valence-electron chi connectivity index (χ1n) is 17.1. The number of fused-ring (bicyclic) bond motifs is 12. The number of para-hydroxylation sites is 2. The molecule has 3 heterocycles. The zero-order valence-corrected chi connectivity index (χ0v) is 27.0. The lowest BCUT2D eigenvalue weighted by atomic mass is 9.65. The molecular weight excluding hydrogens is 609 g/mol. The third-order valence-electron chi connectivity index (χ3n) is 10.7. The molecule has 0 saturated heterocycles. The molecule has 9 aromatic rings. The van der Waals surface area contributed by atoms with Crippen LogP contribution in [0.3, 0.4) is 0 Å². The van der Waals surface area contributed by atoms with E-state index in [0.717, 1.165) is 28.1 Å². The van der Waals surface area contributed by atoms with Crippen LogP contribution in [-0.4, -0.2) is 19.7 Å². The zero-order chi connectivity index (χ0) is 32.8. The van der Waals surface area contributed by atoms with Gasteiger partial charge in [-0.1, -0.05) is 152 Å². The van der Waals surface area contributed by atoms with Gasteiger partial charge in [0.2, 0.25) is 0 Å². The second kappa shape index (κ2) is 10.2. The average molecular weight is 637 g/mol. The Kier molecular flexibility index (Phi) is 5.56. The van der Waals surface area contributed by atoms with Gasteiger partial charge in [-0.05, 0) is 51.6 Å². The fourth-order valence-electron chi connectivity index (χ4n) is 8.74. The van der Waals surface area contributed by atoms with Crippen molar-refractivity contribution in [3.8, 4) is 50.7 Å². The van der Waals surface area contributed by atoms with Crippen molar-refractivity contribution >= 4 is 21.8 Å². The lowest BCUT2D eigenvalue weighted by Gasteiger charge is -2.39. The summed E-state index contributed by atoms with van der Waals surface area (Å²) < 4.78 is 2.48. The highest BCUT2D eigenvalue weighted by molar-refractivity contribution is 6.13. The van der Waals surface area contributed by atoms with Crippen LogP contribution in [0.1, 0.15) is 22.3 Å². The normalized spacial score (nSPS) is 13.4. The molecule has 0 unspecified atom stereocenters. The Bertz CT molecular complexity index is 2770. The second-order valence-electron chi connectivity index (χ2n) is 13.2. The van der Waals surface area contributed by atoms with E-state index in [2.05, 4.69) is 138 Å². The molecule has 0 N–H and O–H groups in total. The van der Waals surface area contributed by atoms with Crippen LogP contribution in [0, 0.1) is 0 Å². The summed E-state index contributed by atoms with van der Waals surface area (Å²) in [5.41, 5.74) is 15.3. The first kappa shape index (κ1) is 27.3. The van der Waals surface area contributed by atoms with Crippen molar-refractivity contribution in [2.24, 2.45) is 0 Å². The van der Waals surface area contributed by atoms with Crippen molar-refractivity contribution in [2.75, 3.05) is 0 Å². The molecule has 2 aliphatic rings. The van der Waals surface area contributed by atoms with Crippen LogP contribution >= 0.6 is 0 Å². The molecule has 4 nitrogen and oxygen atoms in total. The highest BCUT2D eigenvalue weighted by Gasteiger charge is 2.50. The van der Waals surface area contributed by atoms with E-state index >= 15 is 0 Å². The first-order valence-corrected chi connectivity index (χ1v) is 17.1. The molecular formula is C46H28N4. The maximum atomic E-state index is 5.18. The summed E-state index contributed by atoms with van der Waals surface area (Å²) in [7, 11) is 0. The van der Waals surface area contributed by atoms with E-state index in [0.29, 0.717) is 5.82 Å². The highest BCUT2D eigenvalue weighted by atomic mass is 15.2. The van der Waals surface area contributed by atoms with Crippen LogP contribution in [0.4, 0.5) is 0 Å². The highest BCUT2D eigenvalue weighted by Crippen LogP contribution is 2.61. The Morgan fingerprint density at radius 2 is 1.04 bits per heavy atom. The van der Waals surface area contributed by atoms with E-state index in [1.54, 1.807) is 0 Å². The SMILES string of the molecule is c1ccc(-c2nnc(-c3ccc4c(c3)C3(c5ccccc5-c5ccccc53)c3cccc5c6ccccc6n-4c35)c(-c3ccccc3)n2)cc1. The topological polar surface area (TPSA) is 43.6 Å². The fourth-order valence-corrected chi connectivity index (χ4v) is 8.74. The smallest absolute Gasteiger partial charge is 0.182 e. The van der Waals surface area contributed by atoms with Crippen molar-refractivity contribution in [1.29, 1.82) is 0 Å². The Hall–Kier alpha value is -6.65. The van der Waals surface area contributed by atoms with Crippen LogP contribution in [0.2, 0.25) is 0 Å². The summed E-state index contributed by atoms with van der Waals surface area (Å²) in [5, 5.41) is 12.2. The minimum absolute atomic E-state index is 0.542. The number of nitrogens with zero attached hydrogens (tertiary/aromatic N) is 4. The third kappa shape index (κ3) is 3.52. The molecule has 0 bridgehead atoms. The van der Waals surface area contributed by atoms with Gasteiger partial charge in [-0.3, -0.25) is 0 Å². The predicted molar refractivity (Wildman–Crippen MR) is 201 cm³/mol. The molecule has 0 radical (unpaired) electrons. The Morgan fingerprint density at radius 1 is 0.420 bits per heavy atom. The van der Waals surface area contributed by atoms with Gasteiger partial charge in [0.15, 0.2) is 5.82 Å². The van der Waals surface area contributed by atoms with Crippen molar-refractivity contribution in [1.82, 2.24) is 19.7 Å². The van der Waals surface area contributed by atoms with Gasteiger partial charge in [-0.15, -0.1) is 10.2 Å². The van der Waals surface area contributed by atoms with Gasteiger partial charge in [0.1, 0.15) is 11.4 Å². The molecule has 50 heavy (non-hydrogen) atoms. The van der Waals surface area contributed by atoms with Gasteiger partial charge < -0.3 is 4.57 Å². The van der Waals surface area contributed by atoms with Gasteiger partial charge in [0.05, 0.1) is 22.1 Å². The van der Waals surface area contributed by atoms with E-state index in [1.165, 1.54) is 60.9 Å². The molecule has 1 spiro atoms. The minimum atomic E-state index is -0.542. The standard InChI is InChI=1S/C46H28N4/c1-3-14-29(15-4-1)42-43(48-49-45(47-42)30-16-5-2-6-17-30)31-26-27-41-39(28-31)46(36-22-10-7-18-32(36)33-19-8-11-23-37(33)46)38-24-13-21-35-34-20-9-12-25-40(34)50(41)44(35)38/h1-28H. The van der Waals surface area contributed by atoms with Gasteiger partial charge in [0, 0.05) is 27.5 Å². The molecule has 0 saturated carbocycles. The summed E-state index contributed by atoms with van der Waals surface area (Å²) in [6.45, 7) is 0. The summed E-state index contributed by atoms with van der Waals surface area (Å²) >= 11 is 0. The molecule has 0 fully saturated rings. The largest absolute Gasteiger partial charge is 0.309 e. The summed E-state index contributed by atoms with van der Waals surface area (Å²) in [6.07, 6.45) is 0. The monoisotopic (exact) mass is 636 g/mol. The van der Waals surface area contributed by atoms with Crippen LogP contribution < -0.4 is 0 Å². The van der Waals surface area contributed by atoms with Crippen molar-refractivity contribution in [3.63, 3.8) is 0 Å². The van der Waals surface area contributed by atoms with Gasteiger partial charge >= 0.3 is 0 Å². The lowest BCUT2D eigenvalue weighted by Crippen LogP contribution is -2.33. The quantitative estimate of drug-likeness (QED) is 0.194. The minimum Gasteiger partial charge on any atom is -0.309 e. The summed E-state index contributed by atoms with van der Waals surface area (Å²) in [6, 6.07) is 60.8. The van der Waals surface area contributed by atoms with Crippen LogP contribution in [-0.2, 0) is 5.41 Å². The summed E-state index contributed by atoms with van der Waals surface area (Å²) in [5.74, 6) is 0.608. The van der Waals surface area contributed by atoms with Crippen molar-refractivity contribution < 1.29 is 0 Å². The zero-order valence-electron chi connectivity index (χ0n) is 27.0. The molecule has 1 aliphatic carbocycles. The van der Waals surface area contributed by atoms with E-state index in [-0.39, 0.29) is 0 Å². The number of aromatic nitrogens is 4. The van der Waals surface area contributed by atoms with Crippen molar-refractivity contribution in [3.05, 3.63) is 192 Å². The average Bonchev–Trinajstić information content (AvgIpc) is 3.69. The fraction of sp³-hybridized carbons (Fsp3) is 0.0217. The lowest BCUT2D eigenvalue weighted by molar-refractivity contribution is 0.748. The molecule has 0 amide bonds.